The maximum absolute atomic E-state index is 9.85. The zero-order valence-electron chi connectivity index (χ0n) is 12.4. The Kier molecular flexibility index (Phi) is 5.87. The van der Waals surface area contributed by atoms with Crippen LogP contribution in [0.4, 0.5) is 0 Å². The molecule has 1 heteroatoms. The zero-order valence-corrected chi connectivity index (χ0v) is 12.4. The summed E-state index contributed by atoms with van der Waals surface area (Å²) in [6.07, 6.45) is 5.61. The van der Waals surface area contributed by atoms with E-state index in [1.807, 2.05) is 0 Å². The lowest BCUT2D eigenvalue weighted by Crippen LogP contribution is -2.28. The molecule has 0 saturated carbocycles. The minimum Gasteiger partial charge on any atom is -0.396 e. The van der Waals surface area contributed by atoms with Crippen LogP contribution < -0.4 is 0 Å². The Labute approximate surface area is 112 Å². The fraction of sp³-hybridized carbons (Fsp3) is 0.647. The fourth-order valence-corrected chi connectivity index (χ4v) is 2.69. The summed E-state index contributed by atoms with van der Waals surface area (Å²) in [6, 6.07) is 6.48. The van der Waals surface area contributed by atoms with Crippen molar-refractivity contribution in [2.24, 2.45) is 5.41 Å². The van der Waals surface area contributed by atoms with Crippen LogP contribution in [0.2, 0.25) is 0 Å². The van der Waals surface area contributed by atoms with E-state index in [4.69, 9.17) is 0 Å². The van der Waals surface area contributed by atoms with Gasteiger partial charge in [0.25, 0.3) is 0 Å². The highest BCUT2D eigenvalue weighted by molar-refractivity contribution is 5.34. The quantitative estimate of drug-likeness (QED) is 0.757. The Balaban J connectivity index is 2.95. The molecule has 0 aliphatic heterocycles. The Hall–Kier alpha value is -0.820. The van der Waals surface area contributed by atoms with Crippen molar-refractivity contribution in [1.29, 1.82) is 0 Å². The number of hydrogen-bond donors (Lipinski definition) is 1. The van der Waals surface area contributed by atoms with Crippen molar-refractivity contribution in [2.75, 3.05) is 6.61 Å². The first kappa shape index (κ1) is 15.2. The third-order valence-corrected chi connectivity index (χ3v) is 4.34. The number of aryl methyl sites for hydroxylation is 2. The standard InChI is InChI=1S/C17H28O/c1-5-7-11-17(6-2,13-18)12-16-14(3)9-8-10-15(16)4/h8-10,18H,5-7,11-13H2,1-4H3. The summed E-state index contributed by atoms with van der Waals surface area (Å²) < 4.78 is 0. The molecular formula is C17H28O. The van der Waals surface area contributed by atoms with Crippen molar-refractivity contribution in [3.05, 3.63) is 34.9 Å². The highest BCUT2D eigenvalue weighted by Gasteiger charge is 2.28. The molecule has 1 nitrogen and oxygen atoms in total. The highest BCUT2D eigenvalue weighted by atomic mass is 16.3. The number of hydrogen-bond acceptors (Lipinski definition) is 1. The van der Waals surface area contributed by atoms with Crippen LogP contribution in [0, 0.1) is 19.3 Å². The van der Waals surface area contributed by atoms with E-state index in [-0.39, 0.29) is 5.41 Å². The van der Waals surface area contributed by atoms with Crippen LogP contribution in [0.15, 0.2) is 18.2 Å². The lowest BCUT2D eigenvalue weighted by Gasteiger charge is -2.32. The van der Waals surface area contributed by atoms with E-state index in [9.17, 15) is 5.11 Å². The summed E-state index contributed by atoms with van der Waals surface area (Å²) in [5.41, 5.74) is 4.23. The van der Waals surface area contributed by atoms with Crippen LogP contribution in [-0.2, 0) is 6.42 Å². The monoisotopic (exact) mass is 248 g/mol. The molecule has 0 aromatic heterocycles. The van der Waals surface area contributed by atoms with Crippen molar-refractivity contribution in [3.8, 4) is 0 Å². The van der Waals surface area contributed by atoms with Crippen molar-refractivity contribution in [3.63, 3.8) is 0 Å². The fourth-order valence-electron chi connectivity index (χ4n) is 2.69. The van der Waals surface area contributed by atoms with E-state index < -0.39 is 0 Å². The van der Waals surface area contributed by atoms with Gasteiger partial charge in [0.2, 0.25) is 0 Å². The second-order valence-electron chi connectivity index (χ2n) is 5.66. The summed E-state index contributed by atoms with van der Waals surface area (Å²) in [7, 11) is 0. The Morgan fingerprint density at radius 1 is 1.11 bits per heavy atom. The molecule has 18 heavy (non-hydrogen) atoms. The summed E-state index contributed by atoms with van der Waals surface area (Å²) in [6.45, 7) is 9.09. The van der Waals surface area contributed by atoms with Gasteiger partial charge in [-0.1, -0.05) is 44.9 Å². The normalized spacial score (nSPS) is 14.5. The molecular weight excluding hydrogens is 220 g/mol. The molecule has 102 valence electrons. The number of rotatable bonds is 7. The van der Waals surface area contributed by atoms with Gasteiger partial charge in [0, 0.05) is 6.61 Å². The second-order valence-corrected chi connectivity index (χ2v) is 5.66. The van der Waals surface area contributed by atoms with Gasteiger partial charge in [0.15, 0.2) is 0 Å². The molecule has 0 radical (unpaired) electrons. The van der Waals surface area contributed by atoms with E-state index in [0.717, 1.165) is 19.3 Å². The molecule has 0 fully saturated rings. The molecule has 0 spiro atoms. The molecule has 0 heterocycles. The van der Waals surface area contributed by atoms with E-state index in [2.05, 4.69) is 45.9 Å². The summed E-state index contributed by atoms with van der Waals surface area (Å²) in [4.78, 5) is 0. The lowest BCUT2D eigenvalue weighted by molar-refractivity contribution is 0.107. The van der Waals surface area contributed by atoms with Crippen LogP contribution >= 0.6 is 0 Å². The summed E-state index contributed by atoms with van der Waals surface area (Å²) in [5.74, 6) is 0. The van der Waals surface area contributed by atoms with Gasteiger partial charge in [-0.25, -0.2) is 0 Å². The first-order valence-electron chi connectivity index (χ1n) is 7.24. The third-order valence-electron chi connectivity index (χ3n) is 4.34. The van der Waals surface area contributed by atoms with Gasteiger partial charge in [-0.15, -0.1) is 0 Å². The molecule has 1 unspecified atom stereocenters. The molecule has 0 aliphatic carbocycles. The topological polar surface area (TPSA) is 20.2 Å². The molecule has 0 aliphatic rings. The number of aliphatic hydroxyl groups is 1. The minimum atomic E-state index is 0.0763. The number of aliphatic hydroxyl groups excluding tert-OH is 1. The van der Waals surface area contributed by atoms with Crippen LogP contribution in [0.25, 0.3) is 0 Å². The minimum absolute atomic E-state index is 0.0763. The van der Waals surface area contributed by atoms with E-state index >= 15 is 0 Å². The van der Waals surface area contributed by atoms with Gasteiger partial charge < -0.3 is 5.11 Å². The average molecular weight is 248 g/mol. The molecule has 0 bridgehead atoms. The zero-order chi connectivity index (χ0) is 13.6. The molecule has 0 saturated heterocycles. The predicted octanol–water partition coefficient (Wildman–Crippen LogP) is 4.42. The maximum atomic E-state index is 9.85. The molecule has 1 aromatic rings. The van der Waals surface area contributed by atoms with Gasteiger partial charge in [0.1, 0.15) is 0 Å². The number of benzene rings is 1. The van der Waals surface area contributed by atoms with Gasteiger partial charge in [-0.3, -0.25) is 0 Å². The van der Waals surface area contributed by atoms with Crippen molar-refractivity contribution < 1.29 is 5.11 Å². The first-order valence-corrected chi connectivity index (χ1v) is 7.24. The van der Waals surface area contributed by atoms with Gasteiger partial charge in [0.05, 0.1) is 0 Å². The molecule has 0 amide bonds. The Morgan fingerprint density at radius 2 is 1.72 bits per heavy atom. The van der Waals surface area contributed by atoms with Crippen LogP contribution in [0.1, 0.15) is 56.2 Å². The van der Waals surface area contributed by atoms with Crippen molar-refractivity contribution in [2.45, 2.75) is 59.8 Å². The maximum Gasteiger partial charge on any atom is 0.0490 e. The molecule has 1 aromatic carbocycles. The third kappa shape index (κ3) is 3.58. The van der Waals surface area contributed by atoms with Crippen LogP contribution in [0.3, 0.4) is 0 Å². The predicted molar refractivity (Wildman–Crippen MR) is 79.0 cm³/mol. The summed E-state index contributed by atoms with van der Waals surface area (Å²) >= 11 is 0. The summed E-state index contributed by atoms with van der Waals surface area (Å²) in [5, 5.41) is 9.85. The highest BCUT2D eigenvalue weighted by Crippen LogP contribution is 2.34. The molecule has 1 N–H and O–H groups in total. The van der Waals surface area contributed by atoms with Crippen LogP contribution in [-0.4, -0.2) is 11.7 Å². The van der Waals surface area contributed by atoms with Crippen molar-refractivity contribution >= 4 is 0 Å². The molecule has 1 rings (SSSR count). The molecule has 1 atom stereocenters. The Bertz CT molecular complexity index is 344. The van der Waals surface area contributed by atoms with E-state index in [1.54, 1.807) is 0 Å². The lowest BCUT2D eigenvalue weighted by atomic mass is 9.74. The van der Waals surface area contributed by atoms with Crippen molar-refractivity contribution in [1.82, 2.24) is 0 Å². The number of unbranched alkanes of at least 4 members (excludes halogenated alkanes) is 1. The smallest absolute Gasteiger partial charge is 0.0490 e. The van der Waals surface area contributed by atoms with Gasteiger partial charge >= 0.3 is 0 Å². The largest absolute Gasteiger partial charge is 0.396 e. The van der Waals surface area contributed by atoms with Gasteiger partial charge in [-0.05, 0) is 55.2 Å². The average Bonchev–Trinajstić information content (AvgIpc) is 2.38. The SMILES string of the molecule is CCCCC(CC)(CO)Cc1c(C)cccc1C. The Morgan fingerprint density at radius 3 is 2.17 bits per heavy atom. The first-order chi connectivity index (χ1) is 8.58. The second kappa shape index (κ2) is 6.94. The van der Waals surface area contributed by atoms with E-state index in [1.165, 1.54) is 29.5 Å². The van der Waals surface area contributed by atoms with Gasteiger partial charge in [-0.2, -0.15) is 0 Å². The van der Waals surface area contributed by atoms with E-state index in [0.29, 0.717) is 6.61 Å². The van der Waals surface area contributed by atoms with Crippen LogP contribution in [0.5, 0.6) is 0 Å².